The number of aromatic nitrogens is 2. The lowest BCUT2D eigenvalue weighted by molar-refractivity contribution is 0.465. The molecular formula is C11H19IN4. The van der Waals surface area contributed by atoms with Crippen molar-refractivity contribution in [1.29, 1.82) is 0 Å². The van der Waals surface area contributed by atoms with Crippen LogP contribution in [0, 0.1) is 9.49 Å². The number of rotatable bonds is 5. The minimum absolute atomic E-state index is 0.242. The van der Waals surface area contributed by atoms with Gasteiger partial charge in [0.05, 0.1) is 0 Å². The van der Waals surface area contributed by atoms with Crippen molar-refractivity contribution in [1.82, 2.24) is 9.97 Å². The van der Waals surface area contributed by atoms with Crippen LogP contribution in [-0.2, 0) is 0 Å². The smallest absolute Gasteiger partial charge is 0.225 e. The maximum Gasteiger partial charge on any atom is 0.225 e. The lowest BCUT2D eigenvalue weighted by Gasteiger charge is -2.21. The predicted octanol–water partition coefficient (Wildman–Crippen LogP) is 1.89. The van der Waals surface area contributed by atoms with E-state index in [0.29, 0.717) is 5.92 Å². The van der Waals surface area contributed by atoms with E-state index in [9.17, 15) is 0 Å². The van der Waals surface area contributed by atoms with Crippen molar-refractivity contribution >= 4 is 28.5 Å². The molecule has 0 aliphatic carbocycles. The molecule has 0 saturated carbocycles. The molecule has 0 radical (unpaired) electrons. The van der Waals surface area contributed by atoms with Crippen LogP contribution in [0.25, 0.3) is 0 Å². The molecule has 0 aliphatic heterocycles. The second-order valence-electron chi connectivity index (χ2n) is 4.32. The summed E-state index contributed by atoms with van der Waals surface area (Å²) < 4.78 is 1.05. The molecule has 0 saturated heterocycles. The molecule has 1 aromatic rings. The van der Waals surface area contributed by atoms with Crippen LogP contribution in [0.1, 0.15) is 20.3 Å². The molecule has 5 heteroatoms. The third kappa shape index (κ3) is 4.21. The molecule has 1 heterocycles. The van der Waals surface area contributed by atoms with Gasteiger partial charge in [-0.25, -0.2) is 9.97 Å². The Morgan fingerprint density at radius 1 is 1.38 bits per heavy atom. The highest BCUT2D eigenvalue weighted by atomic mass is 127. The van der Waals surface area contributed by atoms with Crippen molar-refractivity contribution in [2.24, 2.45) is 11.7 Å². The third-order valence-electron chi connectivity index (χ3n) is 2.60. The molecule has 1 atom stereocenters. The molecule has 0 bridgehead atoms. The van der Waals surface area contributed by atoms with E-state index in [0.717, 1.165) is 22.5 Å². The number of hydrogen-bond acceptors (Lipinski definition) is 4. The molecule has 0 amide bonds. The fourth-order valence-electron chi connectivity index (χ4n) is 1.28. The van der Waals surface area contributed by atoms with Crippen molar-refractivity contribution < 1.29 is 0 Å². The Bertz CT molecular complexity index is 312. The van der Waals surface area contributed by atoms with Gasteiger partial charge in [-0.1, -0.05) is 13.8 Å². The minimum atomic E-state index is 0.242. The summed E-state index contributed by atoms with van der Waals surface area (Å²) in [5.41, 5.74) is 6.00. The SMILES string of the molecule is CC(C)C(N)CCN(C)c1ncc(I)cn1. The normalized spacial score (nSPS) is 12.9. The van der Waals surface area contributed by atoms with Crippen molar-refractivity contribution in [3.8, 4) is 0 Å². The van der Waals surface area contributed by atoms with E-state index in [1.807, 2.05) is 24.3 Å². The number of nitrogens with two attached hydrogens (primary N) is 1. The molecule has 90 valence electrons. The molecule has 2 N–H and O–H groups in total. The minimum Gasteiger partial charge on any atom is -0.344 e. The number of anilines is 1. The molecule has 1 aromatic heterocycles. The Morgan fingerprint density at radius 2 is 1.94 bits per heavy atom. The fourth-order valence-corrected chi connectivity index (χ4v) is 1.56. The van der Waals surface area contributed by atoms with Crippen LogP contribution in [0.2, 0.25) is 0 Å². The highest BCUT2D eigenvalue weighted by Gasteiger charge is 2.10. The largest absolute Gasteiger partial charge is 0.344 e. The van der Waals surface area contributed by atoms with Gasteiger partial charge in [0.15, 0.2) is 0 Å². The first-order valence-corrected chi connectivity index (χ1v) is 6.53. The first kappa shape index (κ1) is 13.6. The summed E-state index contributed by atoms with van der Waals surface area (Å²) in [6.07, 6.45) is 4.60. The summed E-state index contributed by atoms with van der Waals surface area (Å²) in [6, 6.07) is 0.242. The van der Waals surface area contributed by atoms with Gasteiger partial charge in [-0.15, -0.1) is 0 Å². The summed E-state index contributed by atoms with van der Waals surface area (Å²) in [4.78, 5) is 10.6. The number of halogens is 1. The molecule has 16 heavy (non-hydrogen) atoms. The van der Waals surface area contributed by atoms with E-state index < -0.39 is 0 Å². The number of hydrogen-bond donors (Lipinski definition) is 1. The summed E-state index contributed by atoms with van der Waals surface area (Å²) in [6.45, 7) is 5.18. The number of nitrogens with zero attached hydrogens (tertiary/aromatic N) is 3. The van der Waals surface area contributed by atoms with E-state index in [1.165, 1.54) is 0 Å². The molecule has 0 fully saturated rings. The Morgan fingerprint density at radius 3 is 2.44 bits per heavy atom. The summed E-state index contributed by atoms with van der Waals surface area (Å²) >= 11 is 2.20. The first-order chi connectivity index (χ1) is 7.50. The van der Waals surface area contributed by atoms with Gasteiger partial charge in [0.25, 0.3) is 0 Å². The van der Waals surface area contributed by atoms with E-state index in [1.54, 1.807) is 0 Å². The maximum atomic E-state index is 6.00. The maximum absolute atomic E-state index is 6.00. The van der Waals surface area contributed by atoms with Crippen LogP contribution in [-0.4, -0.2) is 29.6 Å². The van der Waals surface area contributed by atoms with Crippen molar-refractivity contribution in [2.75, 3.05) is 18.5 Å². The quantitative estimate of drug-likeness (QED) is 0.836. The van der Waals surface area contributed by atoms with E-state index >= 15 is 0 Å². The Labute approximate surface area is 111 Å². The highest BCUT2D eigenvalue weighted by Crippen LogP contribution is 2.09. The van der Waals surface area contributed by atoms with Crippen LogP contribution in [0.15, 0.2) is 12.4 Å². The standard InChI is InChI=1S/C11H19IN4/c1-8(2)10(13)4-5-16(3)11-14-6-9(12)7-15-11/h6-8,10H,4-5,13H2,1-3H3. The van der Waals surface area contributed by atoms with E-state index in [4.69, 9.17) is 5.73 Å². The monoisotopic (exact) mass is 334 g/mol. The van der Waals surface area contributed by atoms with Gasteiger partial charge in [-0.3, -0.25) is 0 Å². The Kier molecular flexibility index (Phi) is 5.40. The molecule has 0 spiro atoms. The van der Waals surface area contributed by atoms with Gasteiger partial charge < -0.3 is 10.6 Å². The van der Waals surface area contributed by atoms with Crippen LogP contribution in [0.4, 0.5) is 5.95 Å². The van der Waals surface area contributed by atoms with Gasteiger partial charge in [-0.2, -0.15) is 0 Å². The molecule has 0 aliphatic rings. The average Bonchev–Trinajstić information content (AvgIpc) is 2.26. The second kappa shape index (κ2) is 6.34. The van der Waals surface area contributed by atoms with Crippen molar-refractivity contribution in [3.05, 3.63) is 16.0 Å². The lowest BCUT2D eigenvalue weighted by Crippen LogP contribution is -2.32. The van der Waals surface area contributed by atoms with Crippen LogP contribution in [0.3, 0.4) is 0 Å². The molecule has 4 nitrogen and oxygen atoms in total. The second-order valence-corrected chi connectivity index (χ2v) is 5.57. The average molecular weight is 334 g/mol. The lowest BCUT2D eigenvalue weighted by atomic mass is 10.0. The third-order valence-corrected chi connectivity index (χ3v) is 3.16. The van der Waals surface area contributed by atoms with Crippen LogP contribution < -0.4 is 10.6 Å². The molecule has 1 rings (SSSR count). The van der Waals surface area contributed by atoms with Crippen molar-refractivity contribution in [3.63, 3.8) is 0 Å². The zero-order valence-electron chi connectivity index (χ0n) is 10.0. The van der Waals surface area contributed by atoms with Crippen LogP contribution >= 0.6 is 22.6 Å². The predicted molar refractivity (Wildman–Crippen MR) is 75.4 cm³/mol. The molecular weight excluding hydrogens is 315 g/mol. The summed E-state index contributed by atoms with van der Waals surface area (Å²) in [7, 11) is 2.00. The van der Waals surface area contributed by atoms with Crippen LogP contribution in [0.5, 0.6) is 0 Å². The summed E-state index contributed by atoms with van der Waals surface area (Å²) in [5, 5.41) is 0. The molecule has 0 aromatic carbocycles. The summed E-state index contributed by atoms with van der Waals surface area (Å²) in [5.74, 6) is 1.28. The van der Waals surface area contributed by atoms with Crippen molar-refractivity contribution in [2.45, 2.75) is 26.3 Å². The van der Waals surface area contributed by atoms with E-state index in [-0.39, 0.29) is 6.04 Å². The first-order valence-electron chi connectivity index (χ1n) is 5.45. The fraction of sp³-hybridized carbons (Fsp3) is 0.636. The van der Waals surface area contributed by atoms with Gasteiger partial charge in [0.2, 0.25) is 5.95 Å². The Balaban J connectivity index is 2.46. The molecule has 1 unspecified atom stereocenters. The van der Waals surface area contributed by atoms with Gasteiger partial charge in [0, 0.05) is 35.6 Å². The topological polar surface area (TPSA) is 55.0 Å². The zero-order chi connectivity index (χ0) is 12.1. The highest BCUT2D eigenvalue weighted by molar-refractivity contribution is 14.1. The van der Waals surface area contributed by atoms with Gasteiger partial charge >= 0.3 is 0 Å². The van der Waals surface area contributed by atoms with Gasteiger partial charge in [-0.05, 0) is 34.9 Å². The van der Waals surface area contributed by atoms with E-state index in [2.05, 4.69) is 46.4 Å². The zero-order valence-corrected chi connectivity index (χ0v) is 12.2. The van der Waals surface area contributed by atoms with Gasteiger partial charge in [0.1, 0.15) is 0 Å². The Hall–Kier alpha value is -0.430.